The average molecular weight is 495 g/mol. The number of fused-ring (bicyclic) bond motifs is 1. The van der Waals surface area contributed by atoms with Crippen molar-refractivity contribution >= 4 is 50.4 Å². The van der Waals surface area contributed by atoms with E-state index in [0.29, 0.717) is 17.9 Å². The van der Waals surface area contributed by atoms with E-state index in [4.69, 9.17) is 16.3 Å². The first-order valence-electron chi connectivity index (χ1n) is 9.44. The molecule has 3 aromatic carbocycles. The van der Waals surface area contributed by atoms with Crippen LogP contribution in [0, 0.1) is 0 Å². The molecule has 154 valence electrons. The molecule has 0 saturated carbocycles. The lowest BCUT2D eigenvalue weighted by atomic mass is 10.1. The van der Waals surface area contributed by atoms with Gasteiger partial charge in [-0.05, 0) is 52.7 Å². The quantitative estimate of drug-likeness (QED) is 0.203. The molecule has 31 heavy (non-hydrogen) atoms. The van der Waals surface area contributed by atoms with Gasteiger partial charge in [-0.15, -0.1) is 0 Å². The number of halogens is 2. The van der Waals surface area contributed by atoms with Gasteiger partial charge in [0.25, 0.3) is 5.91 Å². The Morgan fingerprint density at radius 2 is 1.90 bits per heavy atom. The fourth-order valence-electron chi connectivity index (χ4n) is 3.02. The first kappa shape index (κ1) is 21.0. The van der Waals surface area contributed by atoms with Gasteiger partial charge in [0.1, 0.15) is 17.5 Å². The number of hydrogen-bond donors (Lipinski definition) is 1. The van der Waals surface area contributed by atoms with E-state index in [9.17, 15) is 4.79 Å². The van der Waals surface area contributed by atoms with Gasteiger partial charge in [0.2, 0.25) is 0 Å². The third-order valence-corrected chi connectivity index (χ3v) is 5.35. The maximum Gasteiger partial charge on any atom is 0.274 e. The molecule has 4 aromatic rings. The van der Waals surface area contributed by atoms with Crippen molar-refractivity contribution in [2.24, 2.45) is 5.10 Å². The molecule has 0 unspecified atom stereocenters. The van der Waals surface area contributed by atoms with Gasteiger partial charge in [-0.2, -0.15) is 5.10 Å². The van der Waals surface area contributed by atoms with Gasteiger partial charge in [0.05, 0.1) is 11.8 Å². The highest BCUT2D eigenvalue weighted by atomic mass is 79.9. The predicted molar refractivity (Wildman–Crippen MR) is 127 cm³/mol. The Kier molecular flexibility index (Phi) is 6.60. The predicted octanol–water partition coefficient (Wildman–Crippen LogP) is 5.99. The zero-order chi connectivity index (χ0) is 21.6. The van der Waals surface area contributed by atoms with Crippen LogP contribution in [-0.2, 0) is 6.61 Å². The van der Waals surface area contributed by atoms with Crippen LogP contribution >= 0.6 is 27.5 Å². The fraction of sp³-hybridized carbons (Fsp3) is 0.0417. The number of benzene rings is 3. The lowest BCUT2D eigenvalue weighted by Crippen LogP contribution is -2.18. The van der Waals surface area contributed by atoms with Crippen LogP contribution in [0.15, 0.2) is 88.6 Å². The van der Waals surface area contributed by atoms with Crippen LogP contribution in [0.3, 0.4) is 0 Å². The molecular weight excluding hydrogens is 478 g/mol. The highest BCUT2D eigenvalue weighted by Gasteiger charge is 2.10. The van der Waals surface area contributed by atoms with Gasteiger partial charge in [0, 0.05) is 16.2 Å². The van der Waals surface area contributed by atoms with Crippen LogP contribution in [0.4, 0.5) is 0 Å². The Morgan fingerprint density at radius 1 is 1.06 bits per heavy atom. The van der Waals surface area contributed by atoms with E-state index in [2.05, 4.69) is 55.7 Å². The molecule has 4 rings (SSSR count). The third kappa shape index (κ3) is 5.29. The summed E-state index contributed by atoms with van der Waals surface area (Å²) in [5.41, 5.74) is 4.49. The van der Waals surface area contributed by atoms with Crippen molar-refractivity contribution in [2.75, 3.05) is 0 Å². The Bertz CT molecular complexity index is 1280. The van der Waals surface area contributed by atoms with E-state index in [-0.39, 0.29) is 10.7 Å². The maximum absolute atomic E-state index is 12.2. The number of nitrogens with one attached hydrogen (secondary N) is 1. The minimum absolute atomic E-state index is 0.122. The summed E-state index contributed by atoms with van der Waals surface area (Å²) in [6.45, 7) is 0.408. The van der Waals surface area contributed by atoms with Crippen molar-refractivity contribution in [1.29, 1.82) is 0 Å². The van der Waals surface area contributed by atoms with E-state index in [0.717, 1.165) is 15.4 Å². The number of pyridine rings is 1. The SMILES string of the molecule is O=C(NN=Cc1cc(Br)ccc1OCc1ccc2ccccc2c1)c1cccnc1Cl. The molecule has 1 amide bonds. The highest BCUT2D eigenvalue weighted by molar-refractivity contribution is 9.10. The van der Waals surface area contributed by atoms with Gasteiger partial charge in [0.15, 0.2) is 0 Å². The molecule has 0 spiro atoms. The Labute approximate surface area is 192 Å². The molecule has 0 bridgehead atoms. The highest BCUT2D eigenvalue weighted by Crippen LogP contribution is 2.24. The summed E-state index contributed by atoms with van der Waals surface area (Å²) in [6, 6.07) is 23.3. The molecule has 1 aromatic heterocycles. The van der Waals surface area contributed by atoms with Gasteiger partial charge >= 0.3 is 0 Å². The minimum Gasteiger partial charge on any atom is -0.488 e. The molecule has 0 aliphatic heterocycles. The van der Waals surface area contributed by atoms with E-state index < -0.39 is 5.91 Å². The topological polar surface area (TPSA) is 63.6 Å². The van der Waals surface area contributed by atoms with Crippen LogP contribution in [0.1, 0.15) is 21.5 Å². The molecule has 0 aliphatic rings. The van der Waals surface area contributed by atoms with Gasteiger partial charge in [-0.1, -0.05) is 63.9 Å². The van der Waals surface area contributed by atoms with Gasteiger partial charge in [-0.25, -0.2) is 10.4 Å². The van der Waals surface area contributed by atoms with Crippen LogP contribution < -0.4 is 10.2 Å². The smallest absolute Gasteiger partial charge is 0.274 e. The van der Waals surface area contributed by atoms with Crippen molar-refractivity contribution in [3.05, 3.63) is 105 Å². The van der Waals surface area contributed by atoms with Crippen molar-refractivity contribution in [3.63, 3.8) is 0 Å². The van der Waals surface area contributed by atoms with Crippen molar-refractivity contribution in [3.8, 4) is 5.75 Å². The number of rotatable bonds is 6. The number of aromatic nitrogens is 1. The van der Waals surface area contributed by atoms with E-state index in [1.165, 1.54) is 17.8 Å². The molecular formula is C24H17BrClN3O2. The van der Waals surface area contributed by atoms with Crippen LogP contribution in [0.25, 0.3) is 10.8 Å². The summed E-state index contributed by atoms with van der Waals surface area (Å²) >= 11 is 9.40. The van der Waals surface area contributed by atoms with E-state index in [1.54, 1.807) is 12.1 Å². The van der Waals surface area contributed by atoms with Gasteiger partial charge in [-0.3, -0.25) is 4.79 Å². The van der Waals surface area contributed by atoms with Crippen molar-refractivity contribution in [2.45, 2.75) is 6.61 Å². The summed E-state index contributed by atoms with van der Waals surface area (Å²) < 4.78 is 6.90. The van der Waals surface area contributed by atoms with Gasteiger partial charge < -0.3 is 4.74 Å². The standard InChI is InChI=1S/C24H17BrClN3O2/c25-20-9-10-22(31-15-16-7-8-17-4-1-2-5-18(17)12-16)19(13-20)14-28-29-24(30)21-6-3-11-27-23(21)26/h1-14H,15H2,(H,29,30). The largest absolute Gasteiger partial charge is 0.488 e. The summed E-state index contributed by atoms with van der Waals surface area (Å²) in [5.74, 6) is 0.205. The first-order valence-corrected chi connectivity index (χ1v) is 10.6. The number of hydrogen-bond acceptors (Lipinski definition) is 4. The molecule has 1 N–H and O–H groups in total. The molecule has 1 heterocycles. The first-order chi connectivity index (χ1) is 15.1. The summed E-state index contributed by atoms with van der Waals surface area (Å²) in [7, 11) is 0. The lowest BCUT2D eigenvalue weighted by molar-refractivity contribution is 0.0955. The molecule has 0 fully saturated rings. The second-order valence-corrected chi connectivity index (χ2v) is 7.97. The van der Waals surface area contributed by atoms with Crippen molar-refractivity contribution < 1.29 is 9.53 Å². The monoisotopic (exact) mass is 493 g/mol. The molecule has 0 saturated heterocycles. The second kappa shape index (κ2) is 9.73. The number of nitrogens with zero attached hydrogens (tertiary/aromatic N) is 2. The summed E-state index contributed by atoms with van der Waals surface area (Å²) in [5, 5.41) is 6.52. The van der Waals surface area contributed by atoms with E-state index in [1.807, 2.05) is 36.4 Å². The Morgan fingerprint density at radius 3 is 2.74 bits per heavy atom. The van der Waals surface area contributed by atoms with Crippen LogP contribution in [0.5, 0.6) is 5.75 Å². The zero-order valence-electron chi connectivity index (χ0n) is 16.3. The minimum atomic E-state index is -0.442. The number of carbonyl (C=O) groups is 1. The Hall–Kier alpha value is -3.22. The summed E-state index contributed by atoms with van der Waals surface area (Å²) in [4.78, 5) is 16.1. The second-order valence-electron chi connectivity index (χ2n) is 6.69. The fourth-order valence-corrected chi connectivity index (χ4v) is 3.60. The zero-order valence-corrected chi connectivity index (χ0v) is 18.6. The maximum atomic E-state index is 12.2. The van der Waals surface area contributed by atoms with Crippen LogP contribution in [-0.4, -0.2) is 17.1 Å². The molecule has 0 radical (unpaired) electrons. The number of amides is 1. The Balaban J connectivity index is 1.47. The number of carbonyl (C=O) groups excluding carboxylic acids is 1. The lowest BCUT2D eigenvalue weighted by Gasteiger charge is -2.10. The molecule has 0 atom stereocenters. The number of ether oxygens (including phenoxy) is 1. The molecule has 7 heteroatoms. The van der Waals surface area contributed by atoms with Crippen LogP contribution in [0.2, 0.25) is 5.15 Å². The normalized spacial score (nSPS) is 11.0. The molecule has 5 nitrogen and oxygen atoms in total. The van der Waals surface area contributed by atoms with Crippen molar-refractivity contribution in [1.82, 2.24) is 10.4 Å². The average Bonchev–Trinajstić information content (AvgIpc) is 2.78. The third-order valence-electron chi connectivity index (χ3n) is 4.55. The summed E-state index contributed by atoms with van der Waals surface area (Å²) in [6.07, 6.45) is 3.05. The van der Waals surface area contributed by atoms with E-state index >= 15 is 0 Å². The number of hydrazone groups is 1. The molecule has 0 aliphatic carbocycles.